The lowest BCUT2D eigenvalue weighted by atomic mass is 9.93. The van der Waals surface area contributed by atoms with Crippen LogP contribution in [0.15, 0.2) is 45.7 Å². The molecule has 9 nitrogen and oxygen atoms in total. The summed E-state index contributed by atoms with van der Waals surface area (Å²) in [6, 6.07) is 9.54. The van der Waals surface area contributed by atoms with E-state index < -0.39 is 5.97 Å². The van der Waals surface area contributed by atoms with Crippen molar-refractivity contribution in [2.24, 2.45) is 15.9 Å². The number of nitrogens with zero attached hydrogens (tertiary/aromatic N) is 3. The van der Waals surface area contributed by atoms with Crippen LogP contribution in [-0.4, -0.2) is 66.6 Å². The number of nitrogens with one attached hydrogen (secondary N) is 1. The summed E-state index contributed by atoms with van der Waals surface area (Å²) in [6.45, 7) is 2.10. The summed E-state index contributed by atoms with van der Waals surface area (Å²) in [6.07, 6.45) is 0.676. The number of carbonyl (C=O) groups is 3. The number of thioether (sulfide) groups is 1. The Labute approximate surface area is 205 Å². The van der Waals surface area contributed by atoms with Gasteiger partial charge >= 0.3 is 5.97 Å². The second-order valence-corrected chi connectivity index (χ2v) is 9.57. The number of amides is 2. The zero-order valence-electron chi connectivity index (χ0n) is 18.8. The Bertz CT molecular complexity index is 1140. The molecular formula is C23H24N4O5S2. The summed E-state index contributed by atoms with van der Waals surface area (Å²) in [5.74, 6) is -0.562. The maximum absolute atomic E-state index is 12.7. The Morgan fingerprint density at radius 3 is 2.74 bits per heavy atom. The quantitative estimate of drug-likeness (QED) is 0.582. The number of hydrogen-bond acceptors (Lipinski definition) is 9. The molecule has 1 unspecified atom stereocenters. The second kappa shape index (κ2) is 10.9. The summed E-state index contributed by atoms with van der Waals surface area (Å²) in [5.41, 5.74) is 2.37. The highest BCUT2D eigenvalue weighted by Gasteiger charge is 2.34. The third kappa shape index (κ3) is 5.72. The molecule has 0 spiro atoms. The van der Waals surface area contributed by atoms with E-state index in [0.29, 0.717) is 28.7 Å². The van der Waals surface area contributed by atoms with Crippen molar-refractivity contribution in [2.75, 3.05) is 38.4 Å². The third-order valence-electron chi connectivity index (χ3n) is 5.48. The molecule has 1 saturated heterocycles. The van der Waals surface area contributed by atoms with Crippen molar-refractivity contribution in [1.29, 1.82) is 0 Å². The van der Waals surface area contributed by atoms with Gasteiger partial charge < -0.3 is 14.8 Å². The first-order chi connectivity index (χ1) is 16.5. The van der Waals surface area contributed by atoms with Crippen LogP contribution in [0, 0.1) is 5.92 Å². The molecule has 3 heterocycles. The molecule has 0 bridgehead atoms. The van der Waals surface area contributed by atoms with Crippen LogP contribution in [0.2, 0.25) is 0 Å². The highest BCUT2D eigenvalue weighted by molar-refractivity contribution is 8.14. The summed E-state index contributed by atoms with van der Waals surface area (Å²) in [4.78, 5) is 48.0. The number of amidine groups is 1. The van der Waals surface area contributed by atoms with Crippen LogP contribution in [-0.2, 0) is 20.9 Å². The van der Waals surface area contributed by atoms with Crippen molar-refractivity contribution in [2.45, 2.75) is 13.0 Å². The topological polar surface area (TPSA) is 110 Å². The van der Waals surface area contributed by atoms with E-state index >= 15 is 0 Å². The van der Waals surface area contributed by atoms with Crippen molar-refractivity contribution < 1.29 is 23.9 Å². The number of anilines is 1. The van der Waals surface area contributed by atoms with Gasteiger partial charge in [0.25, 0.3) is 5.91 Å². The first-order valence-electron chi connectivity index (χ1n) is 10.6. The van der Waals surface area contributed by atoms with E-state index in [9.17, 15) is 14.4 Å². The van der Waals surface area contributed by atoms with Crippen molar-refractivity contribution in [1.82, 2.24) is 4.90 Å². The van der Waals surface area contributed by atoms with Crippen LogP contribution in [0.5, 0.6) is 5.75 Å². The molecule has 4 rings (SSSR count). The smallest absolute Gasteiger partial charge is 0.350 e. The zero-order valence-corrected chi connectivity index (χ0v) is 20.4. The monoisotopic (exact) mass is 500 g/mol. The number of carbonyl (C=O) groups excluding carboxylic acids is 3. The minimum absolute atomic E-state index is 0.0214. The number of aliphatic imine (C=N–C) groups is 2. The highest BCUT2D eigenvalue weighted by Crippen LogP contribution is 2.26. The van der Waals surface area contributed by atoms with Gasteiger partial charge in [0.1, 0.15) is 10.6 Å². The van der Waals surface area contributed by atoms with Gasteiger partial charge in [-0.25, -0.2) is 9.79 Å². The van der Waals surface area contributed by atoms with Gasteiger partial charge in [-0.2, -0.15) is 4.99 Å². The van der Waals surface area contributed by atoms with E-state index in [2.05, 4.69) is 20.2 Å². The lowest BCUT2D eigenvalue weighted by molar-refractivity contribution is -0.120. The molecule has 11 heteroatoms. The Kier molecular flexibility index (Phi) is 7.76. The maximum Gasteiger partial charge on any atom is 0.350 e. The average molecular weight is 501 g/mol. The van der Waals surface area contributed by atoms with Crippen LogP contribution in [0.3, 0.4) is 0 Å². The van der Waals surface area contributed by atoms with Gasteiger partial charge in [0.15, 0.2) is 5.17 Å². The molecule has 2 aliphatic rings. The molecule has 34 heavy (non-hydrogen) atoms. The van der Waals surface area contributed by atoms with Crippen LogP contribution >= 0.6 is 23.1 Å². The van der Waals surface area contributed by atoms with Crippen LogP contribution in [0.4, 0.5) is 5.69 Å². The number of fused-ring (bicyclic) bond motifs is 1. The van der Waals surface area contributed by atoms with E-state index in [-0.39, 0.29) is 23.5 Å². The molecule has 0 aliphatic carbocycles. The minimum atomic E-state index is -0.504. The molecule has 2 amide bonds. The van der Waals surface area contributed by atoms with E-state index in [0.717, 1.165) is 41.9 Å². The fourth-order valence-corrected chi connectivity index (χ4v) is 5.18. The summed E-state index contributed by atoms with van der Waals surface area (Å²) in [7, 11) is 2.93. The molecule has 1 N–H and O–H groups in total. The molecule has 1 aromatic heterocycles. The molecule has 1 fully saturated rings. The number of likely N-dealkylation sites (tertiary alicyclic amines) is 1. The summed E-state index contributed by atoms with van der Waals surface area (Å²) >= 11 is 2.29. The van der Waals surface area contributed by atoms with Crippen LogP contribution < -0.4 is 10.1 Å². The first-order valence-corrected chi connectivity index (χ1v) is 12.5. The fraction of sp³-hybridized carbons (Fsp3) is 0.348. The Hall–Kier alpha value is -3.02. The predicted molar refractivity (Wildman–Crippen MR) is 133 cm³/mol. The summed E-state index contributed by atoms with van der Waals surface area (Å²) in [5, 5.41) is 4.70. The van der Waals surface area contributed by atoms with E-state index in [4.69, 9.17) is 9.47 Å². The van der Waals surface area contributed by atoms with Gasteiger partial charge in [0.05, 0.1) is 31.6 Å². The van der Waals surface area contributed by atoms with Gasteiger partial charge in [0, 0.05) is 25.3 Å². The molecule has 0 radical (unpaired) electrons. The average Bonchev–Trinajstić information content (AvgIpc) is 3.31. The highest BCUT2D eigenvalue weighted by atomic mass is 32.2. The van der Waals surface area contributed by atoms with Gasteiger partial charge in [-0.3, -0.25) is 14.5 Å². The lowest BCUT2D eigenvalue weighted by Gasteiger charge is -2.33. The van der Waals surface area contributed by atoms with Gasteiger partial charge in [-0.05, 0) is 35.6 Å². The zero-order chi connectivity index (χ0) is 24.1. The largest absolute Gasteiger partial charge is 0.497 e. The van der Waals surface area contributed by atoms with Gasteiger partial charge in [-0.15, -0.1) is 11.3 Å². The van der Waals surface area contributed by atoms with Crippen LogP contribution in [0.25, 0.3) is 0 Å². The number of thiophene rings is 1. The second-order valence-electron chi connectivity index (χ2n) is 7.71. The van der Waals surface area contributed by atoms with Crippen molar-refractivity contribution in [3.8, 4) is 5.75 Å². The predicted octanol–water partition coefficient (Wildman–Crippen LogP) is 3.07. The lowest BCUT2D eigenvalue weighted by Crippen LogP contribution is -2.45. The molecule has 1 aromatic carbocycles. The molecule has 178 valence electrons. The molecule has 2 aliphatic heterocycles. The number of rotatable bonds is 7. The Morgan fingerprint density at radius 1 is 1.21 bits per heavy atom. The van der Waals surface area contributed by atoms with E-state index in [1.807, 2.05) is 24.3 Å². The fourth-order valence-electron chi connectivity index (χ4n) is 3.75. The maximum atomic E-state index is 12.7. The van der Waals surface area contributed by atoms with Crippen molar-refractivity contribution in [3.05, 3.63) is 46.2 Å². The first kappa shape index (κ1) is 24.1. The third-order valence-corrected chi connectivity index (χ3v) is 7.22. The normalized spacial score (nSPS) is 17.9. The van der Waals surface area contributed by atoms with Gasteiger partial charge in [0.2, 0.25) is 5.91 Å². The molecule has 0 saturated carbocycles. The Morgan fingerprint density at radius 2 is 2.00 bits per heavy atom. The number of ether oxygens (including phenoxy) is 2. The number of hydrogen-bond donors (Lipinski definition) is 1. The standard InChI is InChI=1S/C23H24N4O5S2/c1-31-15-5-3-14(4-6-15)11-27-9-7-17-16(12-27)21(29)26-23(25-17)34-13-19(28)24-18-8-10-33-20(18)22(30)32-2/h3-6,8,10,16H,7,9,11-13H2,1-2H3,(H,24,28). The van der Waals surface area contributed by atoms with Crippen LogP contribution in [0.1, 0.15) is 21.7 Å². The Balaban J connectivity index is 1.30. The number of piperidine rings is 1. The minimum Gasteiger partial charge on any atom is -0.497 e. The van der Waals surface area contributed by atoms with Crippen molar-refractivity contribution >= 4 is 57.4 Å². The number of benzene rings is 1. The molecular weight excluding hydrogens is 476 g/mol. The SMILES string of the molecule is COC(=O)c1sccc1NC(=O)CSC1=NC(=O)C2CN(Cc3ccc(OC)cc3)CCC2=N1. The van der Waals surface area contributed by atoms with Gasteiger partial charge in [-0.1, -0.05) is 23.9 Å². The van der Waals surface area contributed by atoms with Crippen molar-refractivity contribution in [3.63, 3.8) is 0 Å². The van der Waals surface area contributed by atoms with E-state index in [1.54, 1.807) is 18.6 Å². The van der Waals surface area contributed by atoms with E-state index in [1.165, 1.54) is 18.4 Å². The summed E-state index contributed by atoms with van der Waals surface area (Å²) < 4.78 is 9.92. The number of esters is 1. The molecule has 1 atom stereocenters. The molecule has 2 aromatic rings. The number of methoxy groups -OCH3 is 2.